The van der Waals surface area contributed by atoms with Crippen LogP contribution in [0.25, 0.3) is 0 Å². The van der Waals surface area contributed by atoms with Crippen LogP contribution in [0.2, 0.25) is 0 Å². The predicted octanol–water partition coefficient (Wildman–Crippen LogP) is 0.612. The van der Waals surface area contributed by atoms with Crippen molar-refractivity contribution in [3.05, 3.63) is 35.6 Å². The Hall–Kier alpha value is -1.99. The fraction of sp³-hybridized carbons (Fsp3) is 0.556. The summed E-state index contributed by atoms with van der Waals surface area (Å²) in [6.45, 7) is 4.39. The van der Waals surface area contributed by atoms with Crippen LogP contribution in [0.4, 0.5) is 4.39 Å². The lowest BCUT2D eigenvalue weighted by molar-refractivity contribution is -0.131. The minimum atomic E-state index is -0.645. The van der Waals surface area contributed by atoms with E-state index in [-0.39, 0.29) is 29.7 Å². The topological polar surface area (TPSA) is 72.9 Å². The number of aliphatic hydroxyl groups is 1. The number of carbonyl (C=O) groups excluding carboxylic acids is 2. The Morgan fingerprint density at radius 3 is 2.36 bits per heavy atom. The molecule has 3 atom stereocenters. The first-order valence-corrected chi connectivity index (χ1v) is 8.70. The average molecular weight is 349 g/mol. The lowest BCUT2D eigenvalue weighted by atomic mass is 10.1. The molecular formula is C18H24FN3O3. The number of amides is 2. The van der Waals surface area contributed by atoms with Crippen LogP contribution in [0, 0.1) is 5.82 Å². The maximum Gasteiger partial charge on any atom is 0.251 e. The summed E-state index contributed by atoms with van der Waals surface area (Å²) in [5, 5.41) is 13.5. The summed E-state index contributed by atoms with van der Waals surface area (Å²) in [6.07, 6.45) is 0.856. The molecule has 2 amide bonds. The highest BCUT2D eigenvalue weighted by Gasteiger charge is 2.40. The first-order chi connectivity index (χ1) is 12.0. The highest BCUT2D eigenvalue weighted by atomic mass is 19.1. The molecule has 25 heavy (non-hydrogen) atoms. The molecule has 0 aromatic heterocycles. The molecule has 2 aliphatic rings. The minimum Gasteiger partial charge on any atom is -0.389 e. The van der Waals surface area contributed by atoms with Crippen LogP contribution in [0.3, 0.4) is 0 Å². The minimum absolute atomic E-state index is 0.00683. The molecule has 6 nitrogen and oxygen atoms in total. The highest BCUT2D eigenvalue weighted by Crippen LogP contribution is 2.26. The van der Waals surface area contributed by atoms with Crippen molar-refractivity contribution in [3.63, 3.8) is 0 Å². The van der Waals surface area contributed by atoms with Crippen LogP contribution < -0.4 is 5.32 Å². The van der Waals surface area contributed by atoms with Crippen LogP contribution in [-0.2, 0) is 4.79 Å². The van der Waals surface area contributed by atoms with Crippen molar-refractivity contribution in [1.82, 2.24) is 15.1 Å². The summed E-state index contributed by atoms with van der Waals surface area (Å²) in [4.78, 5) is 27.7. The molecular weight excluding hydrogens is 325 g/mol. The normalized spacial score (nSPS) is 27.3. The van der Waals surface area contributed by atoms with Crippen molar-refractivity contribution in [2.24, 2.45) is 0 Å². The zero-order chi connectivity index (χ0) is 18.0. The summed E-state index contributed by atoms with van der Waals surface area (Å²) >= 11 is 0. The molecule has 0 radical (unpaired) electrons. The predicted molar refractivity (Wildman–Crippen MR) is 90.5 cm³/mol. The van der Waals surface area contributed by atoms with E-state index in [1.807, 2.05) is 4.90 Å². The standard InChI is InChI=1S/C18H24FN3O3/c1-12(23)21-8-10-22(11-9-21)16-7-6-15(17(16)24)20-18(25)13-2-4-14(19)5-3-13/h2-5,15-17,24H,6-11H2,1H3,(H,20,25)/t15-,16-,17-/m1/s1. The maximum atomic E-state index is 12.9. The van der Waals surface area contributed by atoms with Gasteiger partial charge in [-0.05, 0) is 37.1 Å². The Morgan fingerprint density at radius 2 is 1.76 bits per heavy atom. The lowest BCUT2D eigenvalue weighted by Gasteiger charge is -2.39. The summed E-state index contributed by atoms with van der Waals surface area (Å²) in [7, 11) is 0. The smallest absolute Gasteiger partial charge is 0.251 e. The maximum absolute atomic E-state index is 12.9. The number of piperazine rings is 1. The van der Waals surface area contributed by atoms with Crippen LogP contribution >= 0.6 is 0 Å². The molecule has 1 heterocycles. The summed E-state index contributed by atoms with van der Waals surface area (Å²) in [5.74, 6) is -0.607. The van der Waals surface area contributed by atoms with Crippen LogP contribution in [0.1, 0.15) is 30.1 Å². The van der Waals surface area contributed by atoms with E-state index in [0.717, 1.165) is 19.5 Å². The third-order valence-electron chi connectivity index (χ3n) is 5.23. The van der Waals surface area contributed by atoms with E-state index < -0.39 is 6.10 Å². The van der Waals surface area contributed by atoms with Gasteiger partial charge >= 0.3 is 0 Å². The third-order valence-corrected chi connectivity index (χ3v) is 5.23. The van der Waals surface area contributed by atoms with Crippen molar-refractivity contribution in [1.29, 1.82) is 0 Å². The van der Waals surface area contributed by atoms with Crippen molar-refractivity contribution >= 4 is 11.8 Å². The molecule has 0 bridgehead atoms. The van der Waals surface area contributed by atoms with Gasteiger partial charge in [-0.3, -0.25) is 14.5 Å². The number of carbonyl (C=O) groups is 2. The van der Waals surface area contributed by atoms with Crippen LogP contribution in [0.15, 0.2) is 24.3 Å². The van der Waals surface area contributed by atoms with Gasteiger partial charge in [-0.2, -0.15) is 0 Å². The number of nitrogens with zero attached hydrogens (tertiary/aromatic N) is 2. The second kappa shape index (κ2) is 7.49. The molecule has 1 aliphatic heterocycles. The van der Waals surface area contributed by atoms with Crippen molar-refractivity contribution in [2.75, 3.05) is 26.2 Å². The van der Waals surface area contributed by atoms with E-state index in [1.54, 1.807) is 6.92 Å². The van der Waals surface area contributed by atoms with E-state index >= 15 is 0 Å². The average Bonchev–Trinajstić information content (AvgIpc) is 2.96. The van der Waals surface area contributed by atoms with Crippen molar-refractivity contribution in [3.8, 4) is 0 Å². The zero-order valence-electron chi connectivity index (χ0n) is 14.3. The number of nitrogens with one attached hydrogen (secondary N) is 1. The summed E-state index contributed by atoms with van der Waals surface area (Å²) in [6, 6.07) is 5.05. The number of hydrogen-bond acceptors (Lipinski definition) is 4. The Kier molecular flexibility index (Phi) is 5.34. The Bertz CT molecular complexity index is 629. The number of aliphatic hydroxyl groups excluding tert-OH is 1. The Labute approximate surface area is 146 Å². The summed E-state index contributed by atoms with van der Waals surface area (Å²) in [5.41, 5.74) is 0.382. The van der Waals surface area contributed by atoms with Gasteiger partial charge in [0.25, 0.3) is 5.91 Å². The highest BCUT2D eigenvalue weighted by molar-refractivity contribution is 5.94. The zero-order valence-corrected chi connectivity index (χ0v) is 14.3. The van der Waals surface area contributed by atoms with Gasteiger partial charge in [-0.25, -0.2) is 4.39 Å². The monoisotopic (exact) mass is 349 g/mol. The van der Waals surface area contributed by atoms with Crippen molar-refractivity contribution in [2.45, 2.75) is 38.0 Å². The molecule has 0 unspecified atom stereocenters. The van der Waals surface area contributed by atoms with Gasteiger partial charge in [-0.15, -0.1) is 0 Å². The molecule has 1 aromatic rings. The van der Waals surface area contributed by atoms with E-state index in [4.69, 9.17) is 0 Å². The van der Waals surface area contributed by atoms with Crippen molar-refractivity contribution < 1.29 is 19.1 Å². The first-order valence-electron chi connectivity index (χ1n) is 8.70. The molecule has 1 aromatic carbocycles. The first kappa shape index (κ1) is 17.8. The van der Waals surface area contributed by atoms with Gasteiger partial charge in [0, 0.05) is 44.7 Å². The van der Waals surface area contributed by atoms with E-state index in [2.05, 4.69) is 10.2 Å². The Morgan fingerprint density at radius 1 is 1.12 bits per heavy atom. The molecule has 1 aliphatic carbocycles. The molecule has 136 valence electrons. The number of hydrogen-bond donors (Lipinski definition) is 2. The number of halogens is 1. The summed E-state index contributed by atoms with van der Waals surface area (Å²) < 4.78 is 12.9. The fourth-order valence-corrected chi connectivity index (χ4v) is 3.74. The fourth-order valence-electron chi connectivity index (χ4n) is 3.74. The largest absolute Gasteiger partial charge is 0.389 e. The van der Waals surface area contributed by atoms with Gasteiger partial charge in [0.2, 0.25) is 5.91 Å². The van der Waals surface area contributed by atoms with Gasteiger partial charge in [0.05, 0.1) is 12.1 Å². The molecule has 7 heteroatoms. The van der Waals surface area contributed by atoms with E-state index in [9.17, 15) is 19.1 Å². The molecule has 3 rings (SSSR count). The molecule has 2 fully saturated rings. The van der Waals surface area contributed by atoms with Crippen LogP contribution in [0.5, 0.6) is 0 Å². The van der Waals surface area contributed by atoms with Gasteiger partial charge in [-0.1, -0.05) is 0 Å². The van der Waals surface area contributed by atoms with E-state index in [1.165, 1.54) is 24.3 Å². The molecule has 0 spiro atoms. The molecule has 1 saturated heterocycles. The molecule has 1 saturated carbocycles. The second-order valence-electron chi connectivity index (χ2n) is 6.76. The lowest BCUT2D eigenvalue weighted by Crippen LogP contribution is -2.55. The molecule has 2 N–H and O–H groups in total. The SMILES string of the molecule is CC(=O)N1CCN([C@@H]2CC[C@@H](NC(=O)c3ccc(F)cc3)[C@H]2O)CC1. The van der Waals surface area contributed by atoms with E-state index in [0.29, 0.717) is 25.1 Å². The third kappa shape index (κ3) is 3.99. The van der Waals surface area contributed by atoms with Gasteiger partial charge < -0.3 is 15.3 Å². The van der Waals surface area contributed by atoms with Gasteiger partial charge in [0.1, 0.15) is 5.82 Å². The van der Waals surface area contributed by atoms with Gasteiger partial charge in [0.15, 0.2) is 0 Å². The number of rotatable bonds is 3. The van der Waals surface area contributed by atoms with Crippen LogP contribution in [-0.4, -0.2) is 71.1 Å². The number of benzene rings is 1. The second-order valence-corrected chi connectivity index (χ2v) is 6.76. The quantitative estimate of drug-likeness (QED) is 0.839. The Balaban J connectivity index is 1.55.